The summed E-state index contributed by atoms with van der Waals surface area (Å²) >= 11 is 3.38. The molecule has 1 nitrogen and oxygen atoms in total. The molecule has 1 unspecified atom stereocenters. The van der Waals surface area contributed by atoms with E-state index >= 15 is 0 Å². The third-order valence-electron chi connectivity index (χ3n) is 3.40. The molecule has 0 radical (unpaired) electrons. The standard InChI is InChI=1S/C17H25BrFN/c1-3-5-6-7-8-12-16(20-13-4-2)14-10-9-11-15(19)17(14)18/h3,9-11,16,20H,1,4-8,12-13H2,2H3. The number of hydrogen-bond donors (Lipinski definition) is 1. The van der Waals surface area contributed by atoms with Gasteiger partial charge in [-0.25, -0.2) is 4.39 Å². The monoisotopic (exact) mass is 341 g/mol. The van der Waals surface area contributed by atoms with Crippen LogP contribution >= 0.6 is 15.9 Å². The first-order chi connectivity index (χ1) is 9.70. The van der Waals surface area contributed by atoms with Crippen LogP contribution in [0.3, 0.4) is 0 Å². The second-order valence-corrected chi connectivity index (χ2v) is 5.87. The molecule has 0 amide bonds. The summed E-state index contributed by atoms with van der Waals surface area (Å²) in [6.45, 7) is 6.85. The Morgan fingerprint density at radius 3 is 2.85 bits per heavy atom. The van der Waals surface area contributed by atoms with Crippen LogP contribution in [-0.4, -0.2) is 6.54 Å². The summed E-state index contributed by atoms with van der Waals surface area (Å²) in [7, 11) is 0. The van der Waals surface area contributed by atoms with E-state index in [4.69, 9.17) is 0 Å². The molecular weight excluding hydrogens is 317 g/mol. The number of nitrogens with one attached hydrogen (secondary N) is 1. The molecule has 1 rings (SSSR count). The maximum atomic E-state index is 13.7. The van der Waals surface area contributed by atoms with E-state index < -0.39 is 0 Å². The predicted molar refractivity (Wildman–Crippen MR) is 88.4 cm³/mol. The fourth-order valence-electron chi connectivity index (χ4n) is 2.29. The number of rotatable bonds is 10. The predicted octanol–water partition coefficient (Wildman–Crippen LogP) is 5.77. The molecular formula is C17H25BrFN. The minimum Gasteiger partial charge on any atom is -0.310 e. The molecule has 20 heavy (non-hydrogen) atoms. The van der Waals surface area contributed by atoms with Gasteiger partial charge in [0.15, 0.2) is 0 Å². The van der Waals surface area contributed by atoms with Gasteiger partial charge in [0, 0.05) is 6.04 Å². The summed E-state index contributed by atoms with van der Waals surface area (Å²) in [6.07, 6.45) is 8.71. The van der Waals surface area contributed by atoms with E-state index in [0.717, 1.165) is 37.8 Å². The van der Waals surface area contributed by atoms with Crippen molar-refractivity contribution in [1.29, 1.82) is 0 Å². The zero-order valence-corrected chi connectivity index (χ0v) is 13.9. The third-order valence-corrected chi connectivity index (χ3v) is 4.24. The fourth-order valence-corrected chi connectivity index (χ4v) is 2.83. The molecule has 0 fully saturated rings. The van der Waals surface area contributed by atoms with E-state index in [0.29, 0.717) is 4.47 Å². The van der Waals surface area contributed by atoms with Gasteiger partial charge in [-0.1, -0.05) is 38.0 Å². The van der Waals surface area contributed by atoms with Gasteiger partial charge in [0.2, 0.25) is 0 Å². The lowest BCUT2D eigenvalue weighted by Crippen LogP contribution is -2.22. The van der Waals surface area contributed by atoms with Crippen molar-refractivity contribution in [2.45, 2.75) is 51.5 Å². The van der Waals surface area contributed by atoms with Crippen molar-refractivity contribution in [3.63, 3.8) is 0 Å². The Hall–Kier alpha value is -0.670. The quantitative estimate of drug-likeness (QED) is 0.421. The van der Waals surface area contributed by atoms with Crippen molar-refractivity contribution in [3.8, 4) is 0 Å². The summed E-state index contributed by atoms with van der Waals surface area (Å²) in [4.78, 5) is 0. The Bertz CT molecular complexity index is 406. The van der Waals surface area contributed by atoms with Gasteiger partial charge in [-0.3, -0.25) is 0 Å². The zero-order chi connectivity index (χ0) is 14.8. The fraction of sp³-hybridized carbons (Fsp3) is 0.529. The number of unbranched alkanes of at least 4 members (excludes halogenated alkanes) is 3. The second-order valence-electron chi connectivity index (χ2n) is 5.08. The molecule has 0 saturated carbocycles. The van der Waals surface area contributed by atoms with E-state index in [-0.39, 0.29) is 11.9 Å². The van der Waals surface area contributed by atoms with Crippen molar-refractivity contribution in [2.24, 2.45) is 0 Å². The molecule has 3 heteroatoms. The zero-order valence-electron chi connectivity index (χ0n) is 12.3. The highest BCUT2D eigenvalue weighted by Gasteiger charge is 2.15. The van der Waals surface area contributed by atoms with Crippen LogP contribution in [0.25, 0.3) is 0 Å². The first-order valence-corrected chi connectivity index (χ1v) is 8.28. The van der Waals surface area contributed by atoms with Crippen LogP contribution in [0.5, 0.6) is 0 Å². The molecule has 0 spiro atoms. The van der Waals surface area contributed by atoms with Gasteiger partial charge < -0.3 is 5.32 Å². The van der Waals surface area contributed by atoms with E-state index in [2.05, 4.69) is 34.7 Å². The van der Waals surface area contributed by atoms with Crippen molar-refractivity contribution in [1.82, 2.24) is 5.32 Å². The van der Waals surface area contributed by atoms with E-state index in [9.17, 15) is 4.39 Å². The molecule has 0 aliphatic rings. The Labute approximate surface area is 130 Å². The average Bonchev–Trinajstić information content (AvgIpc) is 2.45. The maximum Gasteiger partial charge on any atom is 0.137 e. The lowest BCUT2D eigenvalue weighted by Gasteiger charge is -2.20. The molecule has 0 heterocycles. The van der Waals surface area contributed by atoms with Gasteiger partial charge >= 0.3 is 0 Å². The molecule has 1 aromatic rings. The van der Waals surface area contributed by atoms with Gasteiger partial charge in [-0.2, -0.15) is 0 Å². The first-order valence-electron chi connectivity index (χ1n) is 7.48. The molecule has 0 bridgehead atoms. The molecule has 0 saturated heterocycles. The number of allylic oxidation sites excluding steroid dienone is 1. The highest BCUT2D eigenvalue weighted by molar-refractivity contribution is 9.10. The van der Waals surface area contributed by atoms with Gasteiger partial charge in [-0.05, 0) is 59.8 Å². The molecule has 1 atom stereocenters. The normalized spacial score (nSPS) is 12.3. The van der Waals surface area contributed by atoms with Gasteiger partial charge in [0.25, 0.3) is 0 Å². The lowest BCUT2D eigenvalue weighted by atomic mass is 9.99. The highest BCUT2D eigenvalue weighted by Crippen LogP contribution is 2.29. The third kappa shape index (κ3) is 5.76. The Morgan fingerprint density at radius 2 is 2.15 bits per heavy atom. The first kappa shape index (κ1) is 17.4. The van der Waals surface area contributed by atoms with Crippen LogP contribution in [0.1, 0.15) is 57.1 Å². The molecule has 112 valence electrons. The lowest BCUT2D eigenvalue weighted by molar-refractivity contribution is 0.467. The number of halogens is 2. The Kier molecular flexibility index (Phi) is 8.79. The minimum atomic E-state index is -0.183. The van der Waals surface area contributed by atoms with Crippen molar-refractivity contribution >= 4 is 15.9 Å². The highest BCUT2D eigenvalue weighted by atomic mass is 79.9. The van der Waals surface area contributed by atoms with Crippen LogP contribution in [0.2, 0.25) is 0 Å². The van der Waals surface area contributed by atoms with Crippen molar-refractivity contribution in [2.75, 3.05) is 6.54 Å². The van der Waals surface area contributed by atoms with Crippen molar-refractivity contribution in [3.05, 3.63) is 46.7 Å². The Balaban J connectivity index is 2.63. The Morgan fingerprint density at radius 1 is 1.35 bits per heavy atom. The van der Waals surface area contributed by atoms with E-state index in [1.165, 1.54) is 18.9 Å². The van der Waals surface area contributed by atoms with Gasteiger partial charge in [0.05, 0.1) is 4.47 Å². The number of hydrogen-bond acceptors (Lipinski definition) is 1. The van der Waals surface area contributed by atoms with Crippen LogP contribution in [-0.2, 0) is 0 Å². The largest absolute Gasteiger partial charge is 0.310 e. The SMILES string of the molecule is C=CCCCCCC(NCCC)c1cccc(F)c1Br. The smallest absolute Gasteiger partial charge is 0.137 e. The topological polar surface area (TPSA) is 12.0 Å². The molecule has 0 aliphatic heterocycles. The van der Waals surface area contributed by atoms with Crippen LogP contribution in [0, 0.1) is 5.82 Å². The van der Waals surface area contributed by atoms with E-state index in [1.807, 2.05) is 12.1 Å². The van der Waals surface area contributed by atoms with Crippen molar-refractivity contribution < 1.29 is 4.39 Å². The average molecular weight is 342 g/mol. The van der Waals surface area contributed by atoms with E-state index in [1.54, 1.807) is 6.07 Å². The number of benzene rings is 1. The van der Waals surface area contributed by atoms with Gasteiger partial charge in [-0.15, -0.1) is 6.58 Å². The maximum absolute atomic E-state index is 13.7. The molecule has 1 N–H and O–H groups in total. The van der Waals surface area contributed by atoms with Crippen LogP contribution in [0.15, 0.2) is 35.3 Å². The molecule has 1 aromatic carbocycles. The van der Waals surface area contributed by atoms with Crippen LogP contribution in [0.4, 0.5) is 4.39 Å². The summed E-state index contributed by atoms with van der Waals surface area (Å²) < 4.78 is 14.3. The molecule has 0 aromatic heterocycles. The minimum absolute atomic E-state index is 0.183. The summed E-state index contributed by atoms with van der Waals surface area (Å²) in [6, 6.07) is 5.51. The van der Waals surface area contributed by atoms with Crippen LogP contribution < -0.4 is 5.32 Å². The van der Waals surface area contributed by atoms with Gasteiger partial charge in [0.1, 0.15) is 5.82 Å². The summed E-state index contributed by atoms with van der Waals surface area (Å²) in [5.41, 5.74) is 1.03. The molecule has 0 aliphatic carbocycles. The summed E-state index contributed by atoms with van der Waals surface area (Å²) in [5.74, 6) is -0.183. The second kappa shape index (κ2) is 10.1. The summed E-state index contributed by atoms with van der Waals surface area (Å²) in [5, 5.41) is 3.53.